The van der Waals surface area contributed by atoms with E-state index in [4.69, 9.17) is 25.5 Å². The molecule has 1 heterocycles. The van der Waals surface area contributed by atoms with E-state index in [9.17, 15) is 9.59 Å². The number of methoxy groups -OCH3 is 1. The Morgan fingerprint density at radius 2 is 1.75 bits per heavy atom. The molecule has 8 heteroatoms. The molecule has 1 rings (SSSR count). The highest BCUT2D eigenvalue weighted by Gasteiger charge is 2.56. The smallest absolute Gasteiger partial charge is 0.411 e. The second kappa shape index (κ2) is 8.92. The highest BCUT2D eigenvalue weighted by Crippen LogP contribution is 2.42. The van der Waals surface area contributed by atoms with E-state index < -0.39 is 31.5 Å². The minimum Gasteiger partial charge on any atom is -0.467 e. The number of esters is 1. The van der Waals surface area contributed by atoms with Crippen LogP contribution in [0.2, 0.25) is 18.1 Å². The van der Waals surface area contributed by atoms with Crippen molar-refractivity contribution in [1.82, 2.24) is 4.90 Å². The van der Waals surface area contributed by atoms with E-state index in [-0.39, 0.29) is 11.1 Å². The molecule has 0 radical (unpaired) electrons. The largest absolute Gasteiger partial charge is 0.467 e. The van der Waals surface area contributed by atoms with Crippen molar-refractivity contribution in [2.75, 3.05) is 19.5 Å². The van der Waals surface area contributed by atoms with Crippen LogP contribution < -0.4 is 0 Å². The summed E-state index contributed by atoms with van der Waals surface area (Å²) in [5.74, 6) is -0.0425. The highest BCUT2D eigenvalue weighted by atomic mass is 35.5. The van der Waals surface area contributed by atoms with Gasteiger partial charge in [-0.1, -0.05) is 20.8 Å². The molecule has 1 saturated heterocycles. The molecule has 2 atom stereocenters. The molecule has 6 nitrogen and oxygen atoms in total. The molecular formula is C20H38ClNO5Si. The van der Waals surface area contributed by atoms with Crippen molar-refractivity contribution in [3.8, 4) is 0 Å². The van der Waals surface area contributed by atoms with Crippen molar-refractivity contribution in [3.05, 3.63) is 0 Å². The molecule has 0 aromatic heterocycles. The first-order valence-corrected chi connectivity index (χ1v) is 13.4. The van der Waals surface area contributed by atoms with Gasteiger partial charge in [-0.15, -0.1) is 11.6 Å². The van der Waals surface area contributed by atoms with E-state index >= 15 is 0 Å². The first-order chi connectivity index (χ1) is 12.6. The average molecular weight is 436 g/mol. The number of alkyl halides is 1. The number of amides is 1. The van der Waals surface area contributed by atoms with Crippen LogP contribution in [-0.4, -0.2) is 62.1 Å². The molecule has 0 unspecified atom stereocenters. The van der Waals surface area contributed by atoms with Crippen molar-refractivity contribution in [1.29, 1.82) is 0 Å². The molecule has 0 saturated carbocycles. The zero-order valence-electron chi connectivity index (χ0n) is 19.0. The van der Waals surface area contributed by atoms with Crippen molar-refractivity contribution >= 4 is 32.0 Å². The minimum atomic E-state index is -2.08. The molecule has 0 aliphatic carbocycles. The van der Waals surface area contributed by atoms with Crippen LogP contribution in [0.3, 0.4) is 0 Å². The topological polar surface area (TPSA) is 65.1 Å². The molecule has 1 aliphatic rings. The highest BCUT2D eigenvalue weighted by molar-refractivity contribution is 6.74. The number of rotatable bonds is 6. The second-order valence-corrected chi connectivity index (χ2v) is 15.2. The fraction of sp³-hybridized carbons (Fsp3) is 0.900. The number of ether oxygens (including phenoxy) is 2. The molecule has 1 aliphatic heterocycles. The number of nitrogens with zero attached hydrogens (tertiary/aromatic N) is 1. The van der Waals surface area contributed by atoms with Gasteiger partial charge in [0.25, 0.3) is 0 Å². The zero-order valence-corrected chi connectivity index (χ0v) is 20.7. The maximum Gasteiger partial charge on any atom is 0.411 e. The maximum atomic E-state index is 13.0. The van der Waals surface area contributed by atoms with Crippen LogP contribution in [0.15, 0.2) is 0 Å². The van der Waals surface area contributed by atoms with Crippen LogP contribution >= 0.6 is 11.6 Å². The van der Waals surface area contributed by atoms with Gasteiger partial charge in [-0.25, -0.2) is 9.59 Å². The van der Waals surface area contributed by atoms with E-state index in [1.54, 1.807) is 0 Å². The van der Waals surface area contributed by atoms with Gasteiger partial charge in [0.2, 0.25) is 0 Å². The normalized spacial score (nSPS) is 23.6. The summed E-state index contributed by atoms with van der Waals surface area (Å²) in [4.78, 5) is 27.4. The number of halogens is 1. The van der Waals surface area contributed by atoms with Crippen LogP contribution in [0.5, 0.6) is 0 Å². The quantitative estimate of drug-likeness (QED) is 0.335. The van der Waals surface area contributed by atoms with Crippen LogP contribution in [0.1, 0.15) is 60.8 Å². The number of likely N-dealkylation sites (tertiary alicyclic amines) is 1. The molecule has 1 fully saturated rings. The van der Waals surface area contributed by atoms with Gasteiger partial charge in [0, 0.05) is 12.3 Å². The van der Waals surface area contributed by atoms with Crippen LogP contribution in [-0.2, 0) is 18.7 Å². The third-order valence-corrected chi connectivity index (χ3v) is 10.4. The molecule has 0 aromatic rings. The van der Waals surface area contributed by atoms with Gasteiger partial charge < -0.3 is 13.9 Å². The molecular weight excluding hydrogens is 398 g/mol. The summed E-state index contributed by atoms with van der Waals surface area (Å²) in [6.07, 6.45) is 0.627. The summed E-state index contributed by atoms with van der Waals surface area (Å²) < 4.78 is 17.3. The average Bonchev–Trinajstić information content (AvgIpc) is 2.88. The lowest BCUT2D eigenvalue weighted by Crippen LogP contribution is -2.54. The summed E-state index contributed by atoms with van der Waals surface area (Å²) in [7, 11) is -0.730. The van der Waals surface area contributed by atoms with E-state index in [1.165, 1.54) is 12.0 Å². The molecule has 0 bridgehead atoms. The van der Waals surface area contributed by atoms with E-state index in [2.05, 4.69) is 33.9 Å². The zero-order chi connectivity index (χ0) is 22.0. The van der Waals surface area contributed by atoms with E-state index in [1.807, 2.05) is 20.8 Å². The lowest BCUT2D eigenvalue weighted by molar-refractivity contribution is -0.153. The summed E-state index contributed by atoms with van der Waals surface area (Å²) in [5.41, 5.74) is -1.77. The van der Waals surface area contributed by atoms with Gasteiger partial charge in [-0.2, -0.15) is 0 Å². The summed E-state index contributed by atoms with van der Waals surface area (Å²) >= 11 is 5.92. The summed E-state index contributed by atoms with van der Waals surface area (Å²) in [6.45, 7) is 16.6. The number of carbonyl (C=O) groups excluding carboxylic acids is 2. The maximum absolute atomic E-state index is 13.0. The Kier molecular flexibility index (Phi) is 8.04. The third kappa shape index (κ3) is 5.86. The standard InChI is InChI=1S/C20H38ClNO5Si/c1-18(2,3)26-17(24)22-14-15(27-28(8,9)19(4,5)6)13-20(22,11-10-12-21)16(23)25-7/h15H,10-14H2,1-9H3/t15-,20+/m0/s1. The predicted molar refractivity (Wildman–Crippen MR) is 114 cm³/mol. The van der Waals surface area contributed by atoms with Crippen molar-refractivity contribution in [2.24, 2.45) is 0 Å². The number of carbonyl (C=O) groups is 2. The molecule has 164 valence electrons. The van der Waals surface area contributed by atoms with Gasteiger partial charge >= 0.3 is 12.1 Å². The Morgan fingerprint density at radius 1 is 1.18 bits per heavy atom. The van der Waals surface area contributed by atoms with Gasteiger partial charge in [-0.05, 0) is 51.7 Å². The molecule has 0 N–H and O–H groups in total. The summed E-state index contributed by atoms with van der Waals surface area (Å²) in [5, 5.41) is 0.0242. The van der Waals surface area contributed by atoms with Crippen LogP contribution in [0.25, 0.3) is 0 Å². The minimum absolute atomic E-state index is 0.0242. The molecule has 1 amide bonds. The first-order valence-electron chi connectivity index (χ1n) is 9.92. The van der Waals surface area contributed by atoms with E-state index in [0.717, 1.165) is 0 Å². The van der Waals surface area contributed by atoms with Crippen molar-refractivity contribution in [2.45, 2.75) is 96.2 Å². The van der Waals surface area contributed by atoms with Gasteiger partial charge in [0.05, 0.1) is 19.8 Å². The SMILES string of the molecule is COC(=O)[C@@]1(CCCCl)C[C@H](O[Si](C)(C)C(C)(C)C)CN1C(=O)OC(C)(C)C. The van der Waals surface area contributed by atoms with E-state index in [0.29, 0.717) is 31.7 Å². The fourth-order valence-electron chi connectivity index (χ4n) is 3.25. The lowest BCUT2D eigenvalue weighted by Gasteiger charge is -2.38. The number of hydrogen-bond donors (Lipinski definition) is 0. The molecule has 0 spiro atoms. The second-order valence-electron chi connectivity index (χ2n) is 10.1. The van der Waals surface area contributed by atoms with Gasteiger partial charge in [0.1, 0.15) is 11.1 Å². The van der Waals surface area contributed by atoms with Crippen LogP contribution in [0, 0.1) is 0 Å². The lowest BCUT2D eigenvalue weighted by atomic mass is 9.90. The molecule has 0 aromatic carbocycles. The Labute approximate surface area is 176 Å². The van der Waals surface area contributed by atoms with Crippen molar-refractivity contribution in [3.63, 3.8) is 0 Å². The third-order valence-electron chi connectivity index (χ3n) is 5.64. The summed E-state index contributed by atoms with van der Waals surface area (Å²) in [6, 6.07) is 0. The van der Waals surface area contributed by atoms with Crippen LogP contribution in [0.4, 0.5) is 4.79 Å². The fourth-order valence-corrected chi connectivity index (χ4v) is 4.73. The Morgan fingerprint density at radius 3 is 2.18 bits per heavy atom. The van der Waals surface area contributed by atoms with Gasteiger partial charge in [0.15, 0.2) is 8.32 Å². The Bertz CT molecular complexity index is 570. The van der Waals surface area contributed by atoms with Crippen molar-refractivity contribution < 1.29 is 23.5 Å². The Hall–Kier alpha value is -0.793. The Balaban J connectivity index is 3.26. The predicted octanol–water partition coefficient (Wildman–Crippen LogP) is 4.95. The first kappa shape index (κ1) is 25.2. The monoisotopic (exact) mass is 435 g/mol. The number of hydrogen-bond acceptors (Lipinski definition) is 5. The molecule has 28 heavy (non-hydrogen) atoms. The van der Waals surface area contributed by atoms with Gasteiger partial charge in [-0.3, -0.25) is 4.90 Å².